The van der Waals surface area contributed by atoms with E-state index in [9.17, 15) is 9.59 Å². The molecule has 0 aromatic carbocycles. The highest BCUT2D eigenvalue weighted by atomic mass is 32.1. The molecular formula is C11H13N3O2S2. The maximum atomic E-state index is 12.3. The van der Waals surface area contributed by atoms with Crippen molar-refractivity contribution in [2.45, 2.75) is 19.9 Å². The highest BCUT2D eigenvalue weighted by Gasteiger charge is 2.24. The van der Waals surface area contributed by atoms with Gasteiger partial charge >= 0.3 is 0 Å². The molecule has 3 N–H and O–H groups in total. The Morgan fingerprint density at radius 2 is 2.22 bits per heavy atom. The minimum absolute atomic E-state index is 0.105. The molecule has 96 valence electrons. The van der Waals surface area contributed by atoms with Gasteiger partial charge in [-0.1, -0.05) is 13.8 Å². The molecule has 0 aliphatic heterocycles. The largest absolute Gasteiger partial charge is 0.368 e. The van der Waals surface area contributed by atoms with Crippen molar-refractivity contribution in [1.82, 2.24) is 9.55 Å². The lowest BCUT2D eigenvalue weighted by Crippen LogP contribution is -2.37. The third-order valence-electron chi connectivity index (χ3n) is 2.75. The van der Waals surface area contributed by atoms with Gasteiger partial charge in [-0.15, -0.1) is 11.3 Å². The van der Waals surface area contributed by atoms with Gasteiger partial charge in [-0.05, 0) is 29.6 Å². The molecule has 2 heterocycles. The zero-order valence-corrected chi connectivity index (χ0v) is 11.6. The number of nitrogens with two attached hydrogens (primary N) is 1. The van der Waals surface area contributed by atoms with Gasteiger partial charge in [0.05, 0.1) is 5.39 Å². The van der Waals surface area contributed by atoms with Crippen molar-refractivity contribution >= 4 is 39.7 Å². The number of carbonyl (C=O) groups excluding carboxylic acids is 1. The normalized spacial score (nSPS) is 13.1. The first kappa shape index (κ1) is 13.0. The number of carbonyl (C=O) groups is 1. The Morgan fingerprint density at radius 1 is 1.56 bits per heavy atom. The third kappa shape index (κ3) is 1.99. The third-order valence-corrected chi connectivity index (χ3v) is 3.88. The monoisotopic (exact) mass is 283 g/mol. The minimum atomic E-state index is -0.731. The second-order valence-electron chi connectivity index (χ2n) is 4.36. The second kappa shape index (κ2) is 4.66. The summed E-state index contributed by atoms with van der Waals surface area (Å²) < 4.78 is 1.50. The summed E-state index contributed by atoms with van der Waals surface area (Å²) in [4.78, 5) is 27.5. The van der Waals surface area contributed by atoms with E-state index < -0.39 is 11.9 Å². The first-order valence-corrected chi connectivity index (χ1v) is 6.73. The van der Waals surface area contributed by atoms with E-state index in [1.807, 2.05) is 13.8 Å². The van der Waals surface area contributed by atoms with Crippen LogP contribution in [-0.4, -0.2) is 15.5 Å². The van der Waals surface area contributed by atoms with E-state index in [0.29, 0.717) is 10.2 Å². The van der Waals surface area contributed by atoms with Gasteiger partial charge in [0.25, 0.3) is 5.56 Å². The van der Waals surface area contributed by atoms with Crippen LogP contribution in [0, 0.1) is 10.7 Å². The van der Waals surface area contributed by atoms with Gasteiger partial charge in [0.2, 0.25) is 5.91 Å². The van der Waals surface area contributed by atoms with Gasteiger partial charge in [0.15, 0.2) is 4.77 Å². The summed E-state index contributed by atoms with van der Waals surface area (Å²) in [7, 11) is 0. The summed E-state index contributed by atoms with van der Waals surface area (Å²) in [5.74, 6) is -0.660. The number of rotatable bonds is 3. The van der Waals surface area contributed by atoms with Crippen LogP contribution in [0.15, 0.2) is 16.2 Å². The fourth-order valence-corrected chi connectivity index (χ4v) is 3.10. The summed E-state index contributed by atoms with van der Waals surface area (Å²) in [6, 6.07) is 0.980. The smallest absolute Gasteiger partial charge is 0.263 e. The van der Waals surface area contributed by atoms with E-state index in [2.05, 4.69) is 4.98 Å². The number of aromatic amines is 1. The van der Waals surface area contributed by atoms with Crippen molar-refractivity contribution in [3.8, 4) is 0 Å². The molecule has 1 amide bonds. The SMILES string of the molecule is CC(C)C(C(N)=O)n1c(=S)[nH]c2sccc2c1=O. The number of thiophene rings is 1. The molecule has 0 aliphatic carbocycles. The summed E-state index contributed by atoms with van der Waals surface area (Å²) in [5, 5.41) is 2.33. The molecule has 0 fully saturated rings. The van der Waals surface area contributed by atoms with Crippen LogP contribution in [0.1, 0.15) is 19.9 Å². The Bertz CT molecular complexity index is 711. The molecule has 2 aromatic heterocycles. The highest BCUT2D eigenvalue weighted by molar-refractivity contribution is 7.71. The summed E-state index contributed by atoms with van der Waals surface area (Å²) in [6.07, 6.45) is 0. The molecule has 0 saturated heterocycles. The molecule has 2 aromatic rings. The van der Waals surface area contributed by atoms with Crippen LogP contribution < -0.4 is 11.3 Å². The van der Waals surface area contributed by atoms with Crippen molar-refractivity contribution in [1.29, 1.82) is 0 Å². The van der Waals surface area contributed by atoms with Gasteiger partial charge in [0.1, 0.15) is 10.9 Å². The maximum Gasteiger partial charge on any atom is 0.263 e. The molecule has 0 radical (unpaired) electrons. The molecule has 1 unspecified atom stereocenters. The van der Waals surface area contributed by atoms with E-state index in [4.69, 9.17) is 18.0 Å². The van der Waals surface area contributed by atoms with Crippen LogP contribution in [0.4, 0.5) is 0 Å². The molecule has 0 bridgehead atoms. The van der Waals surface area contributed by atoms with Gasteiger partial charge in [-0.2, -0.15) is 0 Å². The first-order valence-electron chi connectivity index (χ1n) is 5.45. The topological polar surface area (TPSA) is 80.9 Å². The Hall–Kier alpha value is -1.47. The Morgan fingerprint density at radius 3 is 2.78 bits per heavy atom. The number of amides is 1. The van der Waals surface area contributed by atoms with Gasteiger partial charge in [-0.3, -0.25) is 14.2 Å². The Kier molecular flexibility index (Phi) is 3.36. The maximum absolute atomic E-state index is 12.3. The minimum Gasteiger partial charge on any atom is -0.368 e. The fourth-order valence-electron chi connectivity index (χ4n) is 1.96. The predicted molar refractivity (Wildman–Crippen MR) is 74.3 cm³/mol. The number of fused-ring (bicyclic) bond motifs is 1. The van der Waals surface area contributed by atoms with Crippen LogP contribution in [0.5, 0.6) is 0 Å². The number of nitrogens with zero attached hydrogens (tertiary/aromatic N) is 1. The van der Waals surface area contributed by atoms with Crippen LogP contribution in [-0.2, 0) is 4.79 Å². The number of hydrogen-bond donors (Lipinski definition) is 2. The van der Waals surface area contributed by atoms with Gasteiger partial charge in [-0.25, -0.2) is 0 Å². The zero-order chi connectivity index (χ0) is 13.4. The van der Waals surface area contributed by atoms with Crippen molar-refractivity contribution < 1.29 is 4.79 Å². The van der Waals surface area contributed by atoms with Crippen LogP contribution >= 0.6 is 23.6 Å². The fraction of sp³-hybridized carbons (Fsp3) is 0.364. The number of aromatic nitrogens is 2. The molecule has 5 nitrogen and oxygen atoms in total. The molecule has 7 heteroatoms. The second-order valence-corrected chi connectivity index (χ2v) is 5.66. The molecular weight excluding hydrogens is 270 g/mol. The van der Waals surface area contributed by atoms with Crippen molar-refractivity contribution in [3.05, 3.63) is 26.6 Å². The average Bonchev–Trinajstić information content (AvgIpc) is 2.70. The average molecular weight is 283 g/mol. The summed E-state index contributed by atoms with van der Waals surface area (Å²) in [5.41, 5.74) is 5.10. The van der Waals surface area contributed by atoms with E-state index in [-0.39, 0.29) is 16.2 Å². The van der Waals surface area contributed by atoms with Gasteiger partial charge < -0.3 is 10.7 Å². The zero-order valence-electron chi connectivity index (χ0n) is 9.97. The number of hydrogen-bond acceptors (Lipinski definition) is 4. The summed E-state index contributed by atoms with van der Waals surface area (Å²) in [6.45, 7) is 3.66. The molecule has 0 aliphatic rings. The number of nitrogens with one attached hydrogen (secondary N) is 1. The molecule has 18 heavy (non-hydrogen) atoms. The van der Waals surface area contributed by atoms with Crippen LogP contribution in [0.3, 0.4) is 0 Å². The molecule has 1 atom stereocenters. The van der Waals surface area contributed by atoms with E-state index in [1.165, 1.54) is 15.9 Å². The Balaban J connectivity index is 2.81. The van der Waals surface area contributed by atoms with E-state index in [0.717, 1.165) is 0 Å². The molecule has 2 rings (SSSR count). The predicted octanol–water partition coefficient (Wildman–Crippen LogP) is 1.80. The standard InChI is InChI=1S/C11H13N3O2S2/c1-5(2)7(8(12)15)14-10(16)6-3-4-18-9(6)13-11(14)17/h3-5,7H,1-2H3,(H2,12,15)(H,13,17). The molecule has 0 spiro atoms. The summed E-state index contributed by atoms with van der Waals surface area (Å²) >= 11 is 6.56. The van der Waals surface area contributed by atoms with Crippen molar-refractivity contribution in [2.24, 2.45) is 11.7 Å². The first-order chi connectivity index (χ1) is 8.43. The lowest BCUT2D eigenvalue weighted by atomic mass is 10.0. The van der Waals surface area contributed by atoms with Crippen molar-refractivity contribution in [3.63, 3.8) is 0 Å². The molecule has 0 saturated carbocycles. The number of primary amides is 1. The lowest BCUT2D eigenvalue weighted by Gasteiger charge is -2.20. The van der Waals surface area contributed by atoms with E-state index in [1.54, 1.807) is 11.4 Å². The van der Waals surface area contributed by atoms with Crippen LogP contribution in [0.25, 0.3) is 10.2 Å². The van der Waals surface area contributed by atoms with Gasteiger partial charge in [0, 0.05) is 0 Å². The van der Waals surface area contributed by atoms with Crippen LogP contribution in [0.2, 0.25) is 0 Å². The number of H-pyrrole nitrogens is 1. The quantitative estimate of drug-likeness (QED) is 0.843. The highest BCUT2D eigenvalue weighted by Crippen LogP contribution is 2.19. The van der Waals surface area contributed by atoms with E-state index >= 15 is 0 Å². The Labute approximate surface area is 112 Å². The van der Waals surface area contributed by atoms with Crippen molar-refractivity contribution in [2.75, 3.05) is 0 Å². The lowest BCUT2D eigenvalue weighted by molar-refractivity contribution is -0.122.